The molecule has 1 fully saturated rings. The summed E-state index contributed by atoms with van der Waals surface area (Å²) >= 11 is 9.17. The highest BCUT2D eigenvalue weighted by Gasteiger charge is 2.25. The molecule has 0 radical (unpaired) electrons. The molecular formula is C14H17NS3. The molecule has 1 saturated heterocycles. The molecule has 3 rings (SSSR count). The minimum absolute atomic E-state index is 0.541. The van der Waals surface area contributed by atoms with Gasteiger partial charge in [0.25, 0.3) is 0 Å². The molecule has 1 aromatic rings. The third kappa shape index (κ3) is 2.81. The first-order valence-electron chi connectivity index (χ1n) is 6.52. The molecule has 0 N–H and O–H groups in total. The number of hydrogen-bond donors (Lipinski definition) is 0. The molecule has 3 heterocycles. The molecule has 0 saturated carbocycles. The number of piperidine rings is 1. The van der Waals surface area contributed by atoms with E-state index in [4.69, 9.17) is 12.2 Å². The second-order valence-electron chi connectivity index (χ2n) is 4.83. The molecule has 2 aliphatic heterocycles. The maximum Gasteiger partial charge on any atom is 0.0729 e. The molecule has 0 amide bonds. The third-order valence-corrected chi connectivity index (χ3v) is 6.16. The monoisotopic (exact) mass is 295 g/mol. The van der Waals surface area contributed by atoms with Gasteiger partial charge >= 0.3 is 0 Å². The summed E-state index contributed by atoms with van der Waals surface area (Å²) in [5, 5.41) is 2.71. The van der Waals surface area contributed by atoms with Crippen molar-refractivity contribution in [2.45, 2.75) is 30.9 Å². The highest BCUT2D eigenvalue weighted by Crippen LogP contribution is 2.42. The van der Waals surface area contributed by atoms with Crippen LogP contribution in [0.25, 0.3) is 0 Å². The molecule has 0 unspecified atom stereocenters. The van der Waals surface area contributed by atoms with Crippen molar-refractivity contribution < 1.29 is 0 Å². The van der Waals surface area contributed by atoms with Gasteiger partial charge in [0, 0.05) is 30.1 Å². The Bertz CT molecular complexity index is 444. The first kappa shape index (κ1) is 12.7. The van der Waals surface area contributed by atoms with Gasteiger partial charge in [-0.2, -0.15) is 0 Å². The average Bonchev–Trinajstić information content (AvgIpc) is 2.93. The van der Waals surface area contributed by atoms with Crippen molar-refractivity contribution in [3.8, 4) is 0 Å². The molecule has 1 atom stereocenters. The Kier molecular flexibility index (Phi) is 4.07. The van der Waals surface area contributed by atoms with Crippen molar-refractivity contribution >= 4 is 39.5 Å². The van der Waals surface area contributed by atoms with Crippen LogP contribution in [0.15, 0.2) is 29.3 Å². The lowest BCUT2D eigenvalue weighted by Gasteiger charge is -2.34. The van der Waals surface area contributed by atoms with Crippen LogP contribution in [0.4, 0.5) is 0 Å². The van der Waals surface area contributed by atoms with Crippen molar-refractivity contribution in [1.82, 2.24) is 4.90 Å². The van der Waals surface area contributed by atoms with Crippen LogP contribution >= 0.6 is 35.3 Å². The fraction of sp³-hybridized carbons (Fsp3) is 0.500. The van der Waals surface area contributed by atoms with Crippen LogP contribution in [-0.2, 0) is 0 Å². The SMILES string of the molecule is S=C1C=C(N2CCCCC2)C[C@@H](c2cccs2)S1. The largest absolute Gasteiger partial charge is 0.375 e. The molecule has 2 aliphatic rings. The maximum atomic E-state index is 5.47. The van der Waals surface area contributed by atoms with Crippen LogP contribution in [0.5, 0.6) is 0 Å². The van der Waals surface area contributed by atoms with E-state index in [9.17, 15) is 0 Å². The Morgan fingerprint density at radius 1 is 1.22 bits per heavy atom. The van der Waals surface area contributed by atoms with E-state index < -0.39 is 0 Å². The minimum Gasteiger partial charge on any atom is -0.375 e. The Morgan fingerprint density at radius 2 is 2.06 bits per heavy atom. The summed E-state index contributed by atoms with van der Waals surface area (Å²) in [6.07, 6.45) is 7.43. The predicted molar refractivity (Wildman–Crippen MR) is 85.4 cm³/mol. The summed E-state index contributed by atoms with van der Waals surface area (Å²) in [6.45, 7) is 2.44. The van der Waals surface area contributed by atoms with E-state index >= 15 is 0 Å². The standard InChI is InChI=1S/C14H17NS3/c16-14-10-11(15-6-2-1-3-7-15)9-13(18-14)12-5-4-8-17-12/h4-5,8,10,13H,1-3,6-7,9H2/t13-/m0/s1. The number of rotatable bonds is 2. The number of likely N-dealkylation sites (tertiary alicyclic amines) is 1. The number of thioether (sulfide) groups is 1. The van der Waals surface area contributed by atoms with Crippen molar-refractivity contribution in [2.75, 3.05) is 13.1 Å². The molecule has 0 aliphatic carbocycles. The highest BCUT2D eigenvalue weighted by molar-refractivity contribution is 8.23. The van der Waals surface area contributed by atoms with Crippen molar-refractivity contribution in [2.24, 2.45) is 0 Å². The Morgan fingerprint density at radius 3 is 2.78 bits per heavy atom. The second-order valence-corrected chi connectivity index (χ2v) is 7.75. The summed E-state index contributed by atoms with van der Waals surface area (Å²) in [5.74, 6) is 0. The average molecular weight is 295 g/mol. The quantitative estimate of drug-likeness (QED) is 0.733. The normalized spacial score (nSPS) is 25.1. The molecule has 1 nitrogen and oxygen atoms in total. The van der Waals surface area contributed by atoms with E-state index in [2.05, 4.69) is 28.5 Å². The molecule has 18 heavy (non-hydrogen) atoms. The van der Waals surface area contributed by atoms with Gasteiger partial charge in [-0.1, -0.05) is 18.3 Å². The fourth-order valence-corrected chi connectivity index (χ4v) is 5.07. The van der Waals surface area contributed by atoms with E-state index in [0.29, 0.717) is 5.25 Å². The van der Waals surface area contributed by atoms with Crippen molar-refractivity contribution in [3.63, 3.8) is 0 Å². The second kappa shape index (κ2) is 5.76. The number of thiocarbonyl (C=S) groups is 1. The fourth-order valence-electron chi connectivity index (χ4n) is 2.64. The number of nitrogens with zero attached hydrogens (tertiary/aromatic N) is 1. The lowest BCUT2D eigenvalue weighted by atomic mass is 10.1. The number of thiophene rings is 1. The maximum absolute atomic E-state index is 5.47. The van der Waals surface area contributed by atoms with Gasteiger partial charge in [0.15, 0.2) is 0 Å². The summed E-state index contributed by atoms with van der Waals surface area (Å²) < 4.78 is 1.06. The predicted octanol–water partition coefficient (Wildman–Crippen LogP) is 4.62. The van der Waals surface area contributed by atoms with Gasteiger partial charge in [0.2, 0.25) is 0 Å². The molecule has 96 valence electrons. The zero-order valence-corrected chi connectivity index (χ0v) is 12.8. The smallest absolute Gasteiger partial charge is 0.0729 e. The van der Waals surface area contributed by atoms with Crippen molar-refractivity contribution in [3.05, 3.63) is 34.2 Å². The zero-order chi connectivity index (χ0) is 12.4. The van der Waals surface area contributed by atoms with Crippen LogP contribution in [0.3, 0.4) is 0 Å². The van der Waals surface area contributed by atoms with Gasteiger partial charge in [-0.25, -0.2) is 0 Å². The van der Waals surface area contributed by atoms with Gasteiger partial charge in [0.05, 0.1) is 9.45 Å². The lowest BCUT2D eigenvalue weighted by Crippen LogP contribution is -2.31. The molecular weight excluding hydrogens is 278 g/mol. The summed E-state index contributed by atoms with van der Waals surface area (Å²) in [6, 6.07) is 4.38. The lowest BCUT2D eigenvalue weighted by molar-refractivity contribution is 0.276. The summed E-state index contributed by atoms with van der Waals surface area (Å²) in [4.78, 5) is 4.01. The number of allylic oxidation sites excluding steroid dienone is 1. The highest BCUT2D eigenvalue weighted by atomic mass is 32.2. The van der Waals surface area contributed by atoms with Crippen LogP contribution in [-0.4, -0.2) is 22.2 Å². The van der Waals surface area contributed by atoms with Gasteiger partial charge in [0.1, 0.15) is 0 Å². The van der Waals surface area contributed by atoms with Crippen LogP contribution < -0.4 is 0 Å². The van der Waals surface area contributed by atoms with E-state index in [0.717, 1.165) is 10.6 Å². The first-order chi connectivity index (χ1) is 8.83. The van der Waals surface area contributed by atoms with E-state index in [-0.39, 0.29) is 0 Å². The Hall–Kier alpha value is -0.320. The van der Waals surface area contributed by atoms with Crippen molar-refractivity contribution in [1.29, 1.82) is 0 Å². The van der Waals surface area contributed by atoms with Gasteiger partial charge in [-0.15, -0.1) is 23.1 Å². The van der Waals surface area contributed by atoms with E-state index in [1.54, 1.807) is 0 Å². The molecule has 1 aromatic heterocycles. The Balaban J connectivity index is 1.76. The van der Waals surface area contributed by atoms with E-state index in [1.807, 2.05) is 23.1 Å². The van der Waals surface area contributed by atoms with Crippen LogP contribution in [0.2, 0.25) is 0 Å². The topological polar surface area (TPSA) is 3.24 Å². The molecule has 0 spiro atoms. The molecule has 0 bridgehead atoms. The van der Waals surface area contributed by atoms with Gasteiger partial charge in [-0.3, -0.25) is 0 Å². The molecule has 0 aromatic carbocycles. The van der Waals surface area contributed by atoms with Gasteiger partial charge in [-0.05, 0) is 36.8 Å². The minimum atomic E-state index is 0.541. The zero-order valence-electron chi connectivity index (χ0n) is 10.3. The van der Waals surface area contributed by atoms with Crippen LogP contribution in [0.1, 0.15) is 35.8 Å². The summed E-state index contributed by atoms with van der Waals surface area (Å²) in [7, 11) is 0. The first-order valence-corrected chi connectivity index (χ1v) is 8.69. The van der Waals surface area contributed by atoms with Gasteiger partial charge < -0.3 is 4.90 Å². The molecule has 4 heteroatoms. The van der Waals surface area contributed by atoms with Crippen LogP contribution in [0, 0.1) is 0 Å². The summed E-state index contributed by atoms with van der Waals surface area (Å²) in [5.41, 5.74) is 1.47. The van der Waals surface area contributed by atoms with E-state index in [1.165, 1.54) is 42.9 Å². The third-order valence-electron chi connectivity index (χ3n) is 3.56. The Labute approximate surface area is 122 Å². The number of hydrogen-bond acceptors (Lipinski definition) is 4.